The predicted molar refractivity (Wildman–Crippen MR) is 69.1 cm³/mol. The summed E-state index contributed by atoms with van der Waals surface area (Å²) in [5, 5.41) is 1.53. The van der Waals surface area contributed by atoms with E-state index < -0.39 is 0 Å². The molecule has 0 radical (unpaired) electrons. The van der Waals surface area contributed by atoms with Crippen LogP contribution in [0.2, 0.25) is 0 Å². The molecule has 0 nitrogen and oxygen atoms in total. The summed E-state index contributed by atoms with van der Waals surface area (Å²) in [5.41, 5.74) is 3.30. The molecule has 0 aliphatic rings. The summed E-state index contributed by atoms with van der Waals surface area (Å²) in [6.45, 7) is 11.5. The van der Waals surface area contributed by atoms with Crippen molar-refractivity contribution in [1.82, 2.24) is 0 Å². The third-order valence-corrected chi connectivity index (χ3v) is 6.37. The molecule has 0 N–H and O–H groups in total. The SMILES string of the molecule is Cc1cccc2[se]c(C(C)(C)C)c(C)c12. The summed E-state index contributed by atoms with van der Waals surface area (Å²) in [4.78, 5) is 0. The van der Waals surface area contributed by atoms with Crippen LogP contribution in [0.3, 0.4) is 0 Å². The Labute approximate surface area is 98.1 Å². The van der Waals surface area contributed by atoms with Gasteiger partial charge in [0.15, 0.2) is 0 Å². The van der Waals surface area contributed by atoms with Crippen molar-refractivity contribution in [2.24, 2.45) is 0 Å². The summed E-state index contributed by atoms with van der Waals surface area (Å²) >= 11 is 0.545. The topological polar surface area (TPSA) is 0 Å². The number of benzene rings is 1. The molecule has 0 fully saturated rings. The second kappa shape index (κ2) is 3.50. The Morgan fingerprint density at radius 3 is 2.27 bits per heavy atom. The molecular weight excluding hydrogens is 247 g/mol. The van der Waals surface area contributed by atoms with Crippen molar-refractivity contribution in [3.05, 3.63) is 33.8 Å². The Hall–Kier alpha value is -0.521. The van der Waals surface area contributed by atoms with Gasteiger partial charge in [0.25, 0.3) is 0 Å². The van der Waals surface area contributed by atoms with Gasteiger partial charge in [0, 0.05) is 0 Å². The van der Waals surface area contributed by atoms with Gasteiger partial charge in [-0.1, -0.05) is 0 Å². The predicted octanol–water partition coefficient (Wildman–Crippen LogP) is 3.81. The van der Waals surface area contributed by atoms with Gasteiger partial charge in [0.05, 0.1) is 0 Å². The van der Waals surface area contributed by atoms with Crippen molar-refractivity contribution in [1.29, 1.82) is 0 Å². The van der Waals surface area contributed by atoms with Gasteiger partial charge in [0.1, 0.15) is 0 Å². The van der Waals surface area contributed by atoms with Crippen molar-refractivity contribution in [3.63, 3.8) is 0 Å². The average molecular weight is 265 g/mol. The van der Waals surface area contributed by atoms with Crippen molar-refractivity contribution in [2.75, 3.05) is 0 Å². The zero-order chi connectivity index (χ0) is 11.2. The summed E-state index contributed by atoms with van der Waals surface area (Å²) in [6.07, 6.45) is 0. The van der Waals surface area contributed by atoms with E-state index >= 15 is 0 Å². The van der Waals surface area contributed by atoms with E-state index in [2.05, 4.69) is 52.8 Å². The minimum atomic E-state index is 0.329. The molecule has 1 heterocycles. The van der Waals surface area contributed by atoms with Crippen molar-refractivity contribution in [3.8, 4) is 0 Å². The van der Waals surface area contributed by atoms with Crippen LogP contribution in [-0.4, -0.2) is 14.5 Å². The quantitative estimate of drug-likeness (QED) is 0.635. The Kier molecular flexibility index (Phi) is 2.56. The van der Waals surface area contributed by atoms with E-state index in [0.29, 0.717) is 19.9 Å². The van der Waals surface area contributed by atoms with Gasteiger partial charge in [-0.3, -0.25) is 0 Å². The zero-order valence-corrected chi connectivity index (χ0v) is 11.9. The Morgan fingerprint density at radius 2 is 1.73 bits per heavy atom. The molecule has 0 amide bonds. The van der Waals surface area contributed by atoms with Gasteiger partial charge in [-0.05, 0) is 0 Å². The molecule has 80 valence electrons. The summed E-state index contributed by atoms with van der Waals surface area (Å²) in [7, 11) is 0. The third kappa shape index (κ3) is 1.79. The number of hydrogen-bond acceptors (Lipinski definition) is 0. The van der Waals surface area contributed by atoms with E-state index in [1.54, 1.807) is 8.70 Å². The van der Waals surface area contributed by atoms with Crippen molar-refractivity contribution < 1.29 is 0 Å². The molecule has 0 saturated carbocycles. The minimum absolute atomic E-state index is 0.329. The molecular formula is C14H18Se. The van der Waals surface area contributed by atoms with Crippen LogP contribution in [0.25, 0.3) is 9.65 Å². The van der Waals surface area contributed by atoms with Crippen LogP contribution in [0.5, 0.6) is 0 Å². The molecule has 15 heavy (non-hydrogen) atoms. The molecule has 2 aromatic rings. The summed E-state index contributed by atoms with van der Waals surface area (Å²) < 4.78 is 3.24. The number of fused-ring (bicyclic) bond motifs is 1. The molecule has 1 heteroatoms. The first-order valence-electron chi connectivity index (χ1n) is 5.40. The third-order valence-electron chi connectivity index (χ3n) is 2.84. The second-order valence-corrected chi connectivity index (χ2v) is 7.46. The van der Waals surface area contributed by atoms with Crippen molar-refractivity contribution >= 4 is 24.1 Å². The molecule has 0 aliphatic heterocycles. The van der Waals surface area contributed by atoms with E-state index in [1.807, 2.05) is 0 Å². The average Bonchev–Trinajstić information content (AvgIpc) is 2.44. The Morgan fingerprint density at radius 1 is 1.07 bits per heavy atom. The van der Waals surface area contributed by atoms with Gasteiger partial charge < -0.3 is 0 Å². The molecule has 1 aromatic heterocycles. The molecule has 0 bridgehead atoms. The molecule has 0 atom stereocenters. The van der Waals surface area contributed by atoms with Gasteiger partial charge in [-0.15, -0.1) is 0 Å². The van der Waals surface area contributed by atoms with E-state index in [9.17, 15) is 0 Å². The van der Waals surface area contributed by atoms with Crippen molar-refractivity contribution in [2.45, 2.75) is 40.0 Å². The monoisotopic (exact) mass is 266 g/mol. The van der Waals surface area contributed by atoms with Gasteiger partial charge in [-0.2, -0.15) is 0 Å². The molecule has 2 rings (SSSR count). The number of hydrogen-bond donors (Lipinski definition) is 0. The molecule has 0 unspecified atom stereocenters. The zero-order valence-electron chi connectivity index (χ0n) is 10.1. The van der Waals surface area contributed by atoms with Gasteiger partial charge >= 0.3 is 97.9 Å². The fourth-order valence-electron chi connectivity index (χ4n) is 2.22. The van der Waals surface area contributed by atoms with Crippen LogP contribution in [-0.2, 0) is 5.41 Å². The fraction of sp³-hybridized carbons (Fsp3) is 0.429. The molecule has 0 spiro atoms. The first kappa shape index (κ1) is 11.0. The number of rotatable bonds is 0. The Balaban J connectivity index is 2.82. The van der Waals surface area contributed by atoms with Crippen LogP contribution in [0.1, 0.15) is 36.3 Å². The van der Waals surface area contributed by atoms with Crippen LogP contribution in [0, 0.1) is 13.8 Å². The van der Waals surface area contributed by atoms with E-state index in [0.717, 1.165) is 0 Å². The summed E-state index contributed by atoms with van der Waals surface area (Å²) in [6, 6.07) is 6.71. The standard InChI is InChI=1S/C14H18Se/c1-9-7-6-8-11-12(9)10(2)13(15-11)14(3,4)5/h6-8H,1-5H3. The maximum absolute atomic E-state index is 2.33. The fourth-order valence-corrected chi connectivity index (χ4v) is 5.04. The van der Waals surface area contributed by atoms with Crippen LogP contribution in [0.15, 0.2) is 18.2 Å². The van der Waals surface area contributed by atoms with E-state index in [4.69, 9.17) is 0 Å². The Bertz CT molecular complexity index is 498. The maximum atomic E-state index is 2.33. The van der Waals surface area contributed by atoms with Crippen LogP contribution in [0.4, 0.5) is 0 Å². The molecule has 1 aromatic carbocycles. The van der Waals surface area contributed by atoms with E-state index in [1.165, 1.54) is 16.5 Å². The van der Waals surface area contributed by atoms with Crippen LogP contribution >= 0.6 is 0 Å². The molecule has 0 saturated heterocycles. The van der Waals surface area contributed by atoms with Crippen LogP contribution < -0.4 is 0 Å². The first-order valence-corrected chi connectivity index (χ1v) is 7.12. The second-order valence-electron chi connectivity index (χ2n) is 5.25. The first-order chi connectivity index (χ1) is 6.91. The van der Waals surface area contributed by atoms with E-state index in [-0.39, 0.29) is 0 Å². The number of aryl methyl sites for hydroxylation is 2. The normalized spacial score (nSPS) is 12.3. The van der Waals surface area contributed by atoms with Gasteiger partial charge in [0.2, 0.25) is 0 Å². The van der Waals surface area contributed by atoms with Gasteiger partial charge in [-0.25, -0.2) is 0 Å². The molecule has 0 aliphatic carbocycles. The summed E-state index contributed by atoms with van der Waals surface area (Å²) in [5.74, 6) is 0.